The van der Waals surface area contributed by atoms with Gasteiger partial charge in [-0.2, -0.15) is 11.3 Å². The van der Waals surface area contributed by atoms with Crippen molar-refractivity contribution in [3.05, 3.63) is 58.0 Å². The topological polar surface area (TPSA) is 32.3 Å². The third-order valence-corrected chi connectivity index (χ3v) is 3.78. The first-order chi connectivity index (χ1) is 9.58. The number of hydrogen-bond acceptors (Lipinski definition) is 3. The number of thiophene rings is 1. The van der Waals surface area contributed by atoms with Crippen LogP contribution in [0.4, 0.5) is 4.39 Å². The van der Waals surface area contributed by atoms with Gasteiger partial charge in [-0.3, -0.25) is 4.79 Å². The van der Waals surface area contributed by atoms with Crippen molar-refractivity contribution in [1.82, 2.24) is 10.2 Å². The van der Waals surface area contributed by atoms with Crippen LogP contribution < -0.4 is 5.32 Å². The molecule has 1 aromatic heterocycles. The van der Waals surface area contributed by atoms with E-state index in [9.17, 15) is 9.18 Å². The van der Waals surface area contributed by atoms with Gasteiger partial charge in [-0.25, -0.2) is 4.39 Å². The maximum atomic E-state index is 13.3. The molecule has 1 N–H and O–H groups in total. The minimum Gasteiger partial charge on any atom is -0.350 e. The molecular formula is C15H17FN2OS. The van der Waals surface area contributed by atoms with Crippen molar-refractivity contribution in [2.24, 2.45) is 0 Å². The molecule has 0 aliphatic heterocycles. The molecule has 1 amide bonds. The van der Waals surface area contributed by atoms with Crippen LogP contribution in [0.3, 0.4) is 0 Å². The van der Waals surface area contributed by atoms with Crippen LogP contribution >= 0.6 is 11.3 Å². The molecule has 0 radical (unpaired) electrons. The summed E-state index contributed by atoms with van der Waals surface area (Å²) in [5.41, 5.74) is 1.51. The lowest BCUT2D eigenvalue weighted by atomic mass is 10.1. The van der Waals surface area contributed by atoms with Gasteiger partial charge in [-0.1, -0.05) is 12.1 Å². The Labute approximate surface area is 122 Å². The largest absolute Gasteiger partial charge is 0.350 e. The fourth-order valence-corrected chi connectivity index (χ4v) is 2.63. The zero-order valence-corrected chi connectivity index (χ0v) is 12.3. The molecule has 3 nitrogen and oxygen atoms in total. The molecule has 106 valence electrons. The van der Waals surface area contributed by atoms with Gasteiger partial charge in [-0.05, 0) is 43.2 Å². The van der Waals surface area contributed by atoms with Crippen molar-refractivity contribution in [3.8, 4) is 0 Å². The first kappa shape index (κ1) is 14.7. The smallest absolute Gasteiger partial charge is 0.252 e. The summed E-state index contributed by atoms with van der Waals surface area (Å²) < 4.78 is 13.3. The van der Waals surface area contributed by atoms with Gasteiger partial charge in [0.15, 0.2) is 0 Å². The third kappa shape index (κ3) is 3.65. The number of hydrogen-bond donors (Lipinski definition) is 1. The van der Waals surface area contributed by atoms with E-state index in [2.05, 4.69) is 5.32 Å². The van der Waals surface area contributed by atoms with Crippen LogP contribution in [0.1, 0.15) is 22.0 Å². The average Bonchev–Trinajstić information content (AvgIpc) is 2.92. The van der Waals surface area contributed by atoms with E-state index in [1.54, 1.807) is 12.1 Å². The number of benzene rings is 1. The summed E-state index contributed by atoms with van der Waals surface area (Å²) in [7, 11) is 3.82. The second-order valence-corrected chi connectivity index (χ2v) is 5.54. The molecule has 0 spiro atoms. The van der Waals surface area contributed by atoms with Crippen LogP contribution in [-0.4, -0.2) is 31.4 Å². The first-order valence-electron chi connectivity index (χ1n) is 6.30. The van der Waals surface area contributed by atoms with Crippen molar-refractivity contribution in [2.45, 2.75) is 6.04 Å². The number of nitrogens with one attached hydrogen (secondary N) is 1. The van der Waals surface area contributed by atoms with Gasteiger partial charge < -0.3 is 10.2 Å². The molecule has 2 rings (SSSR count). The summed E-state index contributed by atoms with van der Waals surface area (Å²) in [6, 6.07) is 8.19. The Hall–Kier alpha value is -1.72. The van der Waals surface area contributed by atoms with Crippen LogP contribution in [0.5, 0.6) is 0 Å². The van der Waals surface area contributed by atoms with Crippen LogP contribution in [0, 0.1) is 5.82 Å². The Morgan fingerprint density at radius 3 is 2.80 bits per heavy atom. The Balaban J connectivity index is 2.05. The Morgan fingerprint density at radius 1 is 1.40 bits per heavy atom. The molecule has 0 saturated carbocycles. The molecule has 0 saturated heterocycles. The lowest BCUT2D eigenvalue weighted by Crippen LogP contribution is -2.34. The number of amides is 1. The number of rotatable bonds is 5. The summed E-state index contributed by atoms with van der Waals surface area (Å²) in [4.78, 5) is 13.9. The molecule has 0 fully saturated rings. The number of halogens is 1. The van der Waals surface area contributed by atoms with Crippen LogP contribution in [0.25, 0.3) is 0 Å². The molecule has 1 atom stereocenters. The van der Waals surface area contributed by atoms with Crippen molar-refractivity contribution < 1.29 is 9.18 Å². The molecule has 0 aliphatic carbocycles. The van der Waals surface area contributed by atoms with Crippen molar-refractivity contribution >= 4 is 17.2 Å². The first-order valence-corrected chi connectivity index (χ1v) is 7.24. The molecule has 5 heteroatoms. The second-order valence-electron chi connectivity index (χ2n) is 4.76. The maximum Gasteiger partial charge on any atom is 0.252 e. The molecule has 1 aromatic carbocycles. The summed E-state index contributed by atoms with van der Waals surface area (Å²) in [5, 5.41) is 6.56. The highest BCUT2D eigenvalue weighted by molar-refractivity contribution is 7.08. The number of likely N-dealkylation sites (N-methyl/N-ethyl adjacent to an activating group) is 1. The summed E-state index contributed by atoms with van der Waals surface area (Å²) >= 11 is 1.49. The lowest BCUT2D eigenvalue weighted by Gasteiger charge is -2.25. The van der Waals surface area contributed by atoms with Crippen molar-refractivity contribution in [3.63, 3.8) is 0 Å². The zero-order chi connectivity index (χ0) is 14.5. The predicted molar refractivity (Wildman–Crippen MR) is 79.5 cm³/mol. The van der Waals surface area contributed by atoms with Crippen LogP contribution in [0.2, 0.25) is 0 Å². The highest BCUT2D eigenvalue weighted by Gasteiger charge is 2.16. The lowest BCUT2D eigenvalue weighted by molar-refractivity contribution is 0.0942. The van der Waals surface area contributed by atoms with Gasteiger partial charge in [0.1, 0.15) is 5.82 Å². The van der Waals surface area contributed by atoms with E-state index in [-0.39, 0.29) is 17.8 Å². The van der Waals surface area contributed by atoms with E-state index in [4.69, 9.17) is 0 Å². The summed E-state index contributed by atoms with van der Waals surface area (Å²) in [6.07, 6.45) is 0. The van der Waals surface area contributed by atoms with Crippen LogP contribution in [-0.2, 0) is 0 Å². The summed E-state index contributed by atoms with van der Waals surface area (Å²) in [6.45, 7) is 0.436. The van der Waals surface area contributed by atoms with Gasteiger partial charge in [0, 0.05) is 17.5 Å². The van der Waals surface area contributed by atoms with Crippen LogP contribution in [0.15, 0.2) is 41.1 Å². The quantitative estimate of drug-likeness (QED) is 0.919. The van der Waals surface area contributed by atoms with Gasteiger partial charge in [-0.15, -0.1) is 0 Å². The van der Waals surface area contributed by atoms with Crippen molar-refractivity contribution in [1.29, 1.82) is 0 Å². The minimum absolute atomic E-state index is 0.0618. The van der Waals surface area contributed by atoms with Crippen molar-refractivity contribution in [2.75, 3.05) is 20.6 Å². The highest BCUT2D eigenvalue weighted by Crippen LogP contribution is 2.18. The van der Waals surface area contributed by atoms with E-state index in [0.29, 0.717) is 12.1 Å². The Kier molecular flexibility index (Phi) is 4.87. The monoisotopic (exact) mass is 292 g/mol. The fourth-order valence-electron chi connectivity index (χ4n) is 2.00. The van der Waals surface area contributed by atoms with E-state index < -0.39 is 0 Å². The normalized spacial score (nSPS) is 12.4. The minimum atomic E-state index is -0.265. The fraction of sp³-hybridized carbons (Fsp3) is 0.267. The van der Waals surface area contributed by atoms with Gasteiger partial charge >= 0.3 is 0 Å². The SMILES string of the molecule is CN(C)[C@H](CNC(=O)c1ccsc1)c1cccc(F)c1. The van der Waals surface area contributed by atoms with E-state index in [1.165, 1.54) is 23.5 Å². The molecule has 0 bridgehead atoms. The molecule has 0 aliphatic rings. The molecule has 0 unspecified atom stereocenters. The average molecular weight is 292 g/mol. The van der Waals surface area contributed by atoms with E-state index >= 15 is 0 Å². The second kappa shape index (κ2) is 6.63. The maximum absolute atomic E-state index is 13.3. The Morgan fingerprint density at radius 2 is 2.20 bits per heavy atom. The Bertz CT molecular complexity index is 569. The van der Waals surface area contributed by atoms with Gasteiger partial charge in [0.25, 0.3) is 5.91 Å². The number of nitrogens with zero attached hydrogens (tertiary/aromatic N) is 1. The highest BCUT2D eigenvalue weighted by atomic mass is 32.1. The zero-order valence-electron chi connectivity index (χ0n) is 11.5. The number of carbonyl (C=O) groups excluding carboxylic acids is 1. The van der Waals surface area contributed by atoms with Gasteiger partial charge in [0.05, 0.1) is 6.04 Å². The van der Waals surface area contributed by atoms with E-state index in [0.717, 1.165) is 5.56 Å². The molecular weight excluding hydrogens is 275 g/mol. The molecule has 20 heavy (non-hydrogen) atoms. The molecule has 1 heterocycles. The van der Waals surface area contributed by atoms with Gasteiger partial charge in [0.2, 0.25) is 0 Å². The standard InChI is InChI=1S/C15H17FN2OS/c1-18(2)14(11-4-3-5-13(16)8-11)9-17-15(19)12-6-7-20-10-12/h3-8,10,14H,9H2,1-2H3,(H,17,19)/t14-/m1/s1. The third-order valence-electron chi connectivity index (χ3n) is 3.10. The summed E-state index contributed by atoms with van der Waals surface area (Å²) in [5.74, 6) is -0.368. The van der Waals surface area contributed by atoms with E-state index in [1.807, 2.05) is 35.8 Å². The predicted octanol–water partition coefficient (Wildman–Crippen LogP) is 2.92. The molecule has 2 aromatic rings. The number of carbonyl (C=O) groups is 1.